The smallest absolute Gasteiger partial charge is 0.325 e. The van der Waals surface area contributed by atoms with Crippen LogP contribution in [0.4, 0.5) is 5.82 Å². The van der Waals surface area contributed by atoms with Gasteiger partial charge in [-0.25, -0.2) is 0 Å². The van der Waals surface area contributed by atoms with Crippen LogP contribution in [0.5, 0.6) is 0 Å². The van der Waals surface area contributed by atoms with E-state index in [9.17, 15) is 4.79 Å². The third-order valence-corrected chi connectivity index (χ3v) is 3.14. The Hall–Kier alpha value is -1.69. The number of likely N-dealkylation sites (tertiary alicyclic amines) is 1. The van der Waals surface area contributed by atoms with E-state index in [-0.39, 0.29) is 12.5 Å². The van der Waals surface area contributed by atoms with Crippen LogP contribution in [0.3, 0.4) is 0 Å². The second-order valence-corrected chi connectivity index (χ2v) is 4.52. The predicted molar refractivity (Wildman–Crippen MR) is 67.4 cm³/mol. The fourth-order valence-corrected chi connectivity index (χ4v) is 2.07. The SMILES string of the molecule is COC(=O)CNc1ccc(C2CCN(C)C2)nn1. The third kappa shape index (κ3) is 3.16. The Morgan fingerprint density at radius 3 is 2.94 bits per heavy atom. The number of rotatable bonds is 4. The van der Waals surface area contributed by atoms with E-state index < -0.39 is 0 Å². The van der Waals surface area contributed by atoms with Crippen molar-refractivity contribution in [1.82, 2.24) is 15.1 Å². The van der Waals surface area contributed by atoms with Crippen LogP contribution in [0.15, 0.2) is 12.1 Å². The van der Waals surface area contributed by atoms with Gasteiger partial charge in [0.15, 0.2) is 0 Å². The molecule has 1 aliphatic heterocycles. The minimum atomic E-state index is -0.321. The highest BCUT2D eigenvalue weighted by Crippen LogP contribution is 2.24. The lowest BCUT2D eigenvalue weighted by atomic mass is 10.1. The summed E-state index contributed by atoms with van der Waals surface area (Å²) in [4.78, 5) is 13.2. The van der Waals surface area contributed by atoms with Gasteiger partial charge >= 0.3 is 5.97 Å². The van der Waals surface area contributed by atoms with Crippen molar-refractivity contribution in [2.24, 2.45) is 0 Å². The van der Waals surface area contributed by atoms with Crippen LogP contribution in [0.25, 0.3) is 0 Å². The fraction of sp³-hybridized carbons (Fsp3) is 0.583. The lowest BCUT2D eigenvalue weighted by Gasteiger charge is -2.10. The van der Waals surface area contributed by atoms with Gasteiger partial charge in [-0.2, -0.15) is 5.10 Å². The maximum atomic E-state index is 11.0. The summed E-state index contributed by atoms with van der Waals surface area (Å²) in [6.07, 6.45) is 1.13. The minimum Gasteiger partial charge on any atom is -0.468 e. The maximum Gasteiger partial charge on any atom is 0.325 e. The normalized spacial score (nSPS) is 19.8. The van der Waals surface area contributed by atoms with Crippen molar-refractivity contribution < 1.29 is 9.53 Å². The molecule has 1 N–H and O–H groups in total. The van der Waals surface area contributed by atoms with Crippen LogP contribution in [0, 0.1) is 0 Å². The van der Waals surface area contributed by atoms with Gasteiger partial charge in [0.25, 0.3) is 0 Å². The highest BCUT2D eigenvalue weighted by Gasteiger charge is 2.22. The minimum absolute atomic E-state index is 0.108. The summed E-state index contributed by atoms with van der Waals surface area (Å²) in [6, 6.07) is 3.82. The zero-order valence-corrected chi connectivity index (χ0v) is 10.7. The van der Waals surface area contributed by atoms with Crippen LogP contribution < -0.4 is 5.32 Å². The summed E-state index contributed by atoms with van der Waals surface area (Å²) in [5.41, 5.74) is 1.02. The van der Waals surface area contributed by atoms with E-state index in [0.717, 1.165) is 25.2 Å². The lowest BCUT2D eigenvalue weighted by Crippen LogP contribution is -2.16. The predicted octanol–water partition coefficient (Wildman–Crippen LogP) is 0.481. The second kappa shape index (κ2) is 5.77. The molecule has 0 bridgehead atoms. The number of anilines is 1. The number of hydrogen-bond donors (Lipinski definition) is 1. The van der Waals surface area contributed by atoms with Crippen LogP contribution in [0.1, 0.15) is 18.0 Å². The third-order valence-electron chi connectivity index (χ3n) is 3.14. The molecule has 1 atom stereocenters. The zero-order valence-electron chi connectivity index (χ0n) is 10.7. The molecule has 2 rings (SSSR count). The van der Waals surface area contributed by atoms with E-state index in [2.05, 4.69) is 32.2 Å². The molecule has 6 heteroatoms. The second-order valence-electron chi connectivity index (χ2n) is 4.52. The lowest BCUT2D eigenvalue weighted by molar-refractivity contribution is -0.138. The standard InChI is InChI=1S/C12H18N4O2/c1-16-6-5-9(8-16)10-3-4-11(15-14-10)13-7-12(17)18-2/h3-4,9H,5-8H2,1-2H3,(H,13,15). The maximum absolute atomic E-state index is 11.0. The van der Waals surface area contributed by atoms with E-state index in [0.29, 0.717) is 11.7 Å². The first-order chi connectivity index (χ1) is 8.69. The zero-order chi connectivity index (χ0) is 13.0. The molecule has 0 aliphatic carbocycles. The quantitative estimate of drug-likeness (QED) is 0.784. The Labute approximate surface area is 106 Å². The molecule has 18 heavy (non-hydrogen) atoms. The topological polar surface area (TPSA) is 67.3 Å². The van der Waals surface area contributed by atoms with Gasteiger partial charge < -0.3 is 15.0 Å². The van der Waals surface area contributed by atoms with Crippen LogP contribution in [-0.2, 0) is 9.53 Å². The first-order valence-corrected chi connectivity index (χ1v) is 6.02. The summed E-state index contributed by atoms with van der Waals surface area (Å²) in [5, 5.41) is 11.1. The summed E-state index contributed by atoms with van der Waals surface area (Å²) in [5.74, 6) is 0.742. The Kier molecular flexibility index (Phi) is 4.09. The highest BCUT2D eigenvalue weighted by atomic mass is 16.5. The number of carbonyl (C=O) groups is 1. The molecule has 0 aromatic carbocycles. The van der Waals surface area contributed by atoms with Gasteiger partial charge in [0.1, 0.15) is 12.4 Å². The van der Waals surface area contributed by atoms with Crippen molar-refractivity contribution in [3.8, 4) is 0 Å². The van der Waals surface area contributed by atoms with Crippen molar-refractivity contribution >= 4 is 11.8 Å². The van der Waals surface area contributed by atoms with E-state index >= 15 is 0 Å². The largest absolute Gasteiger partial charge is 0.468 e. The molecule has 0 amide bonds. The van der Waals surface area contributed by atoms with E-state index in [4.69, 9.17) is 0 Å². The Bertz CT molecular complexity index is 407. The molecule has 6 nitrogen and oxygen atoms in total. The molecule has 0 spiro atoms. The summed E-state index contributed by atoms with van der Waals surface area (Å²) < 4.78 is 4.53. The molecule has 1 fully saturated rings. The van der Waals surface area contributed by atoms with Gasteiger partial charge in [0.2, 0.25) is 0 Å². The van der Waals surface area contributed by atoms with Crippen LogP contribution >= 0.6 is 0 Å². The van der Waals surface area contributed by atoms with E-state index in [1.807, 2.05) is 12.1 Å². The van der Waals surface area contributed by atoms with Gasteiger partial charge in [0.05, 0.1) is 12.8 Å². The molecule has 2 heterocycles. The number of nitrogens with one attached hydrogen (secondary N) is 1. The van der Waals surface area contributed by atoms with Crippen molar-refractivity contribution in [2.45, 2.75) is 12.3 Å². The van der Waals surface area contributed by atoms with Gasteiger partial charge in [0, 0.05) is 12.5 Å². The summed E-state index contributed by atoms with van der Waals surface area (Å²) in [6.45, 7) is 2.25. The number of carbonyl (C=O) groups excluding carboxylic acids is 1. The molecule has 0 saturated carbocycles. The average molecular weight is 250 g/mol. The molecule has 1 aliphatic rings. The monoisotopic (exact) mass is 250 g/mol. The van der Waals surface area contributed by atoms with Crippen molar-refractivity contribution in [3.05, 3.63) is 17.8 Å². The number of aromatic nitrogens is 2. The van der Waals surface area contributed by atoms with Crippen LogP contribution in [-0.4, -0.2) is 54.9 Å². The van der Waals surface area contributed by atoms with Gasteiger partial charge in [-0.15, -0.1) is 5.10 Å². The Morgan fingerprint density at radius 1 is 1.56 bits per heavy atom. The number of esters is 1. The molecule has 0 radical (unpaired) electrons. The first-order valence-electron chi connectivity index (χ1n) is 6.02. The molecule has 98 valence electrons. The number of nitrogens with zero attached hydrogens (tertiary/aromatic N) is 3. The number of ether oxygens (including phenoxy) is 1. The molecule has 1 aromatic heterocycles. The fourth-order valence-electron chi connectivity index (χ4n) is 2.07. The highest BCUT2D eigenvalue weighted by molar-refractivity contribution is 5.74. The van der Waals surface area contributed by atoms with Crippen molar-refractivity contribution in [3.63, 3.8) is 0 Å². The Morgan fingerprint density at radius 2 is 2.39 bits per heavy atom. The van der Waals surface area contributed by atoms with Gasteiger partial charge in [-0.3, -0.25) is 4.79 Å². The molecule has 1 aromatic rings. The van der Waals surface area contributed by atoms with Gasteiger partial charge in [-0.05, 0) is 32.1 Å². The molecular formula is C12H18N4O2. The van der Waals surface area contributed by atoms with E-state index in [1.54, 1.807) is 0 Å². The molecule has 1 unspecified atom stereocenters. The molecule has 1 saturated heterocycles. The Balaban J connectivity index is 1.91. The summed E-state index contributed by atoms with van der Waals surface area (Å²) in [7, 11) is 3.47. The number of likely N-dealkylation sites (N-methyl/N-ethyl adjacent to an activating group) is 1. The molecular weight excluding hydrogens is 232 g/mol. The number of hydrogen-bond acceptors (Lipinski definition) is 6. The number of methoxy groups -OCH3 is 1. The average Bonchev–Trinajstić information content (AvgIpc) is 2.83. The van der Waals surface area contributed by atoms with Crippen molar-refractivity contribution in [1.29, 1.82) is 0 Å². The van der Waals surface area contributed by atoms with Crippen molar-refractivity contribution in [2.75, 3.05) is 39.1 Å². The van der Waals surface area contributed by atoms with Crippen LogP contribution in [0.2, 0.25) is 0 Å². The first kappa shape index (κ1) is 12.8. The van der Waals surface area contributed by atoms with Gasteiger partial charge in [-0.1, -0.05) is 0 Å². The summed E-state index contributed by atoms with van der Waals surface area (Å²) >= 11 is 0. The van der Waals surface area contributed by atoms with E-state index in [1.165, 1.54) is 7.11 Å².